The predicted molar refractivity (Wildman–Crippen MR) is 37.5 cm³/mol. The molecule has 5 N–H and O–H groups in total. The van der Waals surface area contributed by atoms with Crippen molar-refractivity contribution in [3.05, 3.63) is 0 Å². The molecule has 0 radical (unpaired) electrons. The van der Waals surface area contributed by atoms with Crippen molar-refractivity contribution in [3.8, 4) is 0 Å². The lowest BCUT2D eigenvalue weighted by molar-refractivity contribution is -0.120. The van der Waals surface area contributed by atoms with E-state index in [4.69, 9.17) is 5.11 Å². The number of amides is 2. The van der Waals surface area contributed by atoms with Gasteiger partial charge in [0.25, 0.3) is 0 Å². The largest absolute Gasteiger partial charge is 0.450 e. The van der Waals surface area contributed by atoms with Gasteiger partial charge in [0.15, 0.2) is 0 Å². The van der Waals surface area contributed by atoms with Crippen LogP contribution < -0.4 is 11.5 Å². The van der Waals surface area contributed by atoms with E-state index in [2.05, 4.69) is 16.2 Å². The summed E-state index contributed by atoms with van der Waals surface area (Å²) in [5.74, 6) is -0.690. The maximum absolute atomic E-state index is 9.60. The van der Waals surface area contributed by atoms with Crippen molar-refractivity contribution in [2.45, 2.75) is 6.92 Å². The fourth-order valence-corrected chi connectivity index (χ4v) is 0.142. The maximum atomic E-state index is 9.60. The molecule has 0 unspecified atom stereocenters. The molecule has 0 aromatic heterocycles. The van der Waals surface area contributed by atoms with E-state index in [1.165, 1.54) is 0 Å². The summed E-state index contributed by atoms with van der Waals surface area (Å²) in [5, 5.41) is 7.67. The average molecular weight is 164 g/mol. The smallest absolute Gasteiger partial charge is 0.404 e. The number of ether oxygens (including phenoxy) is 1. The quantitative estimate of drug-likeness (QED) is 0.463. The molecule has 0 aliphatic heterocycles. The summed E-state index contributed by atoms with van der Waals surface area (Å²) in [4.78, 5) is 18.9. The van der Waals surface area contributed by atoms with Gasteiger partial charge in [0, 0.05) is 0 Å². The minimum Gasteiger partial charge on any atom is -0.450 e. The lowest BCUT2D eigenvalue weighted by Crippen LogP contribution is -2.14. The van der Waals surface area contributed by atoms with Gasteiger partial charge in [-0.1, -0.05) is 0 Å². The standard InChI is InChI=1S/C3H7NO2.C2H5NO2/c1-2-6-3(4)5;3-2(5)1-4/h2H2,1H3,(H2,4,5);4H,1H2,(H2,3,5). The van der Waals surface area contributed by atoms with E-state index in [1.54, 1.807) is 6.92 Å². The molecule has 0 aliphatic carbocycles. The molecule has 2 amide bonds. The summed E-state index contributed by atoms with van der Waals surface area (Å²) in [7, 11) is 0. The Balaban J connectivity index is 0. The van der Waals surface area contributed by atoms with Crippen molar-refractivity contribution in [1.82, 2.24) is 0 Å². The van der Waals surface area contributed by atoms with Gasteiger partial charge in [0.05, 0.1) is 6.61 Å². The molecule has 0 rings (SSSR count). The van der Waals surface area contributed by atoms with Crippen molar-refractivity contribution < 1.29 is 19.4 Å². The summed E-state index contributed by atoms with van der Waals surface area (Å²) in [6, 6.07) is 0. The van der Waals surface area contributed by atoms with E-state index in [0.717, 1.165) is 0 Å². The van der Waals surface area contributed by atoms with Crippen molar-refractivity contribution in [3.63, 3.8) is 0 Å². The van der Waals surface area contributed by atoms with Gasteiger partial charge in [-0.3, -0.25) is 4.79 Å². The van der Waals surface area contributed by atoms with Gasteiger partial charge in [-0.25, -0.2) is 4.79 Å². The van der Waals surface area contributed by atoms with Crippen LogP contribution in [0.5, 0.6) is 0 Å². The molecule has 6 heteroatoms. The van der Waals surface area contributed by atoms with Gasteiger partial charge < -0.3 is 21.3 Å². The van der Waals surface area contributed by atoms with Crippen LogP contribution in [0.3, 0.4) is 0 Å². The van der Waals surface area contributed by atoms with Crippen LogP contribution >= 0.6 is 0 Å². The highest BCUT2D eigenvalue weighted by Crippen LogP contribution is 1.66. The van der Waals surface area contributed by atoms with Crippen LogP contribution in [-0.4, -0.2) is 30.3 Å². The van der Waals surface area contributed by atoms with Gasteiger partial charge in [-0.05, 0) is 6.92 Å². The Morgan fingerprint density at radius 2 is 1.82 bits per heavy atom. The van der Waals surface area contributed by atoms with Gasteiger partial charge in [-0.2, -0.15) is 0 Å². The van der Waals surface area contributed by atoms with Crippen LogP contribution in [0, 0.1) is 0 Å². The third kappa shape index (κ3) is 28.5. The fraction of sp³-hybridized carbons (Fsp3) is 0.600. The molecule has 11 heavy (non-hydrogen) atoms. The Kier molecular flexibility index (Phi) is 9.79. The van der Waals surface area contributed by atoms with E-state index in [-0.39, 0.29) is 0 Å². The number of aliphatic hydroxyl groups is 1. The summed E-state index contributed by atoms with van der Waals surface area (Å²) in [6.45, 7) is 1.50. The molecule has 0 fully saturated rings. The second-order valence-electron chi connectivity index (χ2n) is 1.38. The lowest BCUT2D eigenvalue weighted by atomic mass is 10.7. The number of hydrogen-bond donors (Lipinski definition) is 3. The molecule has 0 aromatic carbocycles. The van der Waals surface area contributed by atoms with E-state index in [9.17, 15) is 9.59 Å². The van der Waals surface area contributed by atoms with E-state index in [1.807, 2.05) is 0 Å². The van der Waals surface area contributed by atoms with Crippen LogP contribution in [0.15, 0.2) is 0 Å². The molecule has 0 aliphatic rings. The Hall–Kier alpha value is -1.30. The molecule has 0 bridgehead atoms. The molecular weight excluding hydrogens is 152 g/mol. The third-order valence-corrected chi connectivity index (χ3v) is 0.442. The van der Waals surface area contributed by atoms with Gasteiger partial charge in [0.2, 0.25) is 5.91 Å². The molecule has 0 aromatic rings. The van der Waals surface area contributed by atoms with E-state index >= 15 is 0 Å². The van der Waals surface area contributed by atoms with Crippen LogP contribution in [0.2, 0.25) is 0 Å². The Bertz CT molecular complexity index is 126. The Morgan fingerprint density at radius 3 is 1.82 bits per heavy atom. The lowest BCUT2D eigenvalue weighted by Gasteiger charge is -1.89. The van der Waals surface area contributed by atoms with Gasteiger partial charge in [0.1, 0.15) is 6.61 Å². The molecule has 0 heterocycles. The Morgan fingerprint density at radius 1 is 1.45 bits per heavy atom. The summed E-state index contributed by atoms with van der Waals surface area (Å²) in [6.07, 6.45) is -0.711. The van der Waals surface area contributed by atoms with Gasteiger partial charge >= 0.3 is 6.09 Å². The number of rotatable bonds is 2. The summed E-state index contributed by atoms with van der Waals surface area (Å²) >= 11 is 0. The number of carbonyl (C=O) groups is 2. The highest BCUT2D eigenvalue weighted by Gasteiger charge is 1.82. The summed E-state index contributed by atoms with van der Waals surface area (Å²) < 4.78 is 4.18. The second-order valence-corrected chi connectivity index (χ2v) is 1.38. The third-order valence-electron chi connectivity index (χ3n) is 0.442. The molecule has 66 valence electrons. The van der Waals surface area contributed by atoms with Crippen LogP contribution in [0.4, 0.5) is 4.79 Å². The first-order chi connectivity index (χ1) is 5.04. The highest BCUT2D eigenvalue weighted by atomic mass is 16.5. The Labute approximate surface area is 64.1 Å². The van der Waals surface area contributed by atoms with E-state index < -0.39 is 18.6 Å². The summed E-state index contributed by atoms with van der Waals surface area (Å²) in [5.41, 5.74) is 8.94. The SMILES string of the molecule is CCOC(N)=O.NC(=O)CO. The first-order valence-corrected chi connectivity index (χ1v) is 2.86. The van der Waals surface area contributed by atoms with Crippen LogP contribution in [0.25, 0.3) is 0 Å². The minimum absolute atomic E-state index is 0.356. The number of nitrogens with two attached hydrogens (primary N) is 2. The van der Waals surface area contributed by atoms with Crippen molar-refractivity contribution in [1.29, 1.82) is 0 Å². The number of primary amides is 2. The average Bonchev–Trinajstić information content (AvgIpc) is 1.89. The van der Waals surface area contributed by atoms with Crippen molar-refractivity contribution in [2.75, 3.05) is 13.2 Å². The zero-order valence-electron chi connectivity index (χ0n) is 6.24. The normalized spacial score (nSPS) is 7.45. The number of hydrogen-bond acceptors (Lipinski definition) is 4. The minimum atomic E-state index is -0.711. The molecule has 0 saturated carbocycles. The molecular formula is C5H12N2O4. The monoisotopic (exact) mass is 164 g/mol. The maximum Gasteiger partial charge on any atom is 0.404 e. The van der Waals surface area contributed by atoms with Crippen molar-refractivity contribution in [2.24, 2.45) is 11.5 Å². The predicted octanol–water partition coefficient (Wildman–Crippen LogP) is -1.43. The van der Waals surface area contributed by atoms with Crippen molar-refractivity contribution >= 4 is 12.0 Å². The van der Waals surface area contributed by atoms with E-state index in [0.29, 0.717) is 6.61 Å². The molecule has 6 nitrogen and oxygen atoms in total. The topological polar surface area (TPSA) is 116 Å². The van der Waals surface area contributed by atoms with Crippen LogP contribution in [-0.2, 0) is 9.53 Å². The number of aliphatic hydroxyl groups excluding tert-OH is 1. The molecule has 0 spiro atoms. The van der Waals surface area contributed by atoms with Crippen LogP contribution in [0.1, 0.15) is 6.92 Å². The molecule has 0 atom stereocenters. The second kappa shape index (κ2) is 8.70. The zero-order valence-corrected chi connectivity index (χ0v) is 6.24. The highest BCUT2D eigenvalue weighted by molar-refractivity contribution is 5.74. The number of carbonyl (C=O) groups excluding carboxylic acids is 2. The van der Waals surface area contributed by atoms with Gasteiger partial charge in [-0.15, -0.1) is 0 Å². The fourth-order valence-electron chi connectivity index (χ4n) is 0.142. The zero-order chi connectivity index (χ0) is 9.28. The first kappa shape index (κ1) is 12.4. The first-order valence-electron chi connectivity index (χ1n) is 2.86. The molecule has 0 saturated heterocycles.